The van der Waals surface area contributed by atoms with Gasteiger partial charge in [-0.3, -0.25) is 4.79 Å². The first-order valence-electron chi connectivity index (χ1n) is 10.1. The Hall–Kier alpha value is -3.23. The van der Waals surface area contributed by atoms with Crippen molar-refractivity contribution in [2.75, 3.05) is 0 Å². The van der Waals surface area contributed by atoms with Crippen molar-refractivity contribution >= 4 is 17.4 Å². The van der Waals surface area contributed by atoms with Gasteiger partial charge in [-0.15, -0.1) is 0 Å². The molecule has 0 amide bonds. The van der Waals surface area contributed by atoms with Crippen molar-refractivity contribution in [1.82, 2.24) is 0 Å². The molecule has 0 bridgehead atoms. The molecular formula is C25H23ClN2O3. The Morgan fingerprint density at radius 1 is 1.19 bits per heavy atom. The van der Waals surface area contributed by atoms with Crippen LogP contribution in [0.3, 0.4) is 0 Å². The number of halogens is 1. The van der Waals surface area contributed by atoms with Crippen LogP contribution in [0.4, 0.5) is 0 Å². The fourth-order valence-electron chi connectivity index (χ4n) is 4.26. The Kier molecular flexibility index (Phi) is 5.51. The number of nitrogens with zero attached hydrogens (tertiary/aromatic N) is 1. The minimum Gasteiger partial charge on any atom is -0.487 e. The average molecular weight is 435 g/mol. The summed E-state index contributed by atoms with van der Waals surface area (Å²) < 4.78 is 11.7. The molecule has 1 aliphatic carbocycles. The van der Waals surface area contributed by atoms with Crippen molar-refractivity contribution < 1.29 is 14.3 Å². The lowest BCUT2D eigenvalue weighted by Gasteiger charge is -2.37. The molecule has 2 aliphatic rings. The summed E-state index contributed by atoms with van der Waals surface area (Å²) in [6.07, 6.45) is 0.977. The van der Waals surface area contributed by atoms with Crippen molar-refractivity contribution in [3.05, 3.63) is 87.5 Å². The number of nitrogens with two attached hydrogens (primary N) is 1. The zero-order valence-corrected chi connectivity index (χ0v) is 18.2. The van der Waals surface area contributed by atoms with Gasteiger partial charge < -0.3 is 15.2 Å². The highest BCUT2D eigenvalue weighted by Gasteiger charge is 2.43. The molecule has 4 rings (SSSR count). The lowest BCUT2D eigenvalue weighted by atomic mass is 9.70. The predicted octanol–water partition coefficient (Wildman–Crippen LogP) is 5.37. The topological polar surface area (TPSA) is 85.3 Å². The number of allylic oxidation sites excluding steroid dienone is 3. The van der Waals surface area contributed by atoms with Gasteiger partial charge in [0, 0.05) is 18.4 Å². The zero-order chi connectivity index (χ0) is 22.2. The van der Waals surface area contributed by atoms with Gasteiger partial charge in [-0.2, -0.15) is 5.26 Å². The highest BCUT2D eigenvalue weighted by Crippen LogP contribution is 2.48. The second-order valence-corrected chi connectivity index (χ2v) is 9.03. The van der Waals surface area contributed by atoms with Crippen LogP contribution in [0.15, 0.2) is 71.3 Å². The number of carbonyl (C=O) groups is 1. The van der Waals surface area contributed by atoms with E-state index in [-0.39, 0.29) is 29.3 Å². The molecule has 31 heavy (non-hydrogen) atoms. The van der Waals surface area contributed by atoms with Gasteiger partial charge in [-0.05, 0) is 28.7 Å². The quantitative estimate of drug-likeness (QED) is 0.699. The van der Waals surface area contributed by atoms with Gasteiger partial charge in [0.05, 0.1) is 10.9 Å². The van der Waals surface area contributed by atoms with Crippen LogP contribution in [-0.2, 0) is 16.1 Å². The summed E-state index contributed by atoms with van der Waals surface area (Å²) in [7, 11) is 0. The number of benzene rings is 2. The lowest BCUT2D eigenvalue weighted by Crippen LogP contribution is -2.33. The average Bonchev–Trinajstić information content (AvgIpc) is 2.71. The summed E-state index contributed by atoms with van der Waals surface area (Å²) in [5.41, 5.74) is 8.33. The van der Waals surface area contributed by atoms with Crippen molar-refractivity contribution in [2.45, 2.75) is 39.2 Å². The van der Waals surface area contributed by atoms with Crippen LogP contribution in [0.1, 0.15) is 43.7 Å². The van der Waals surface area contributed by atoms with E-state index in [1.165, 1.54) is 0 Å². The first kappa shape index (κ1) is 21.0. The third-order valence-corrected chi connectivity index (χ3v) is 5.97. The Labute approximate surface area is 186 Å². The molecule has 2 aromatic carbocycles. The van der Waals surface area contributed by atoms with Crippen molar-refractivity contribution in [3.8, 4) is 11.8 Å². The number of hydrogen-bond donors (Lipinski definition) is 1. The number of ketones is 1. The molecule has 0 aromatic heterocycles. The number of ether oxygens (including phenoxy) is 2. The molecule has 5 nitrogen and oxygen atoms in total. The molecule has 0 saturated carbocycles. The normalized spacial score (nSPS) is 20.1. The van der Waals surface area contributed by atoms with Crippen LogP contribution < -0.4 is 10.5 Å². The first-order valence-corrected chi connectivity index (χ1v) is 10.5. The molecule has 158 valence electrons. The van der Waals surface area contributed by atoms with Gasteiger partial charge in [0.25, 0.3) is 0 Å². The van der Waals surface area contributed by atoms with Gasteiger partial charge >= 0.3 is 0 Å². The minimum absolute atomic E-state index is 0.0154. The maximum absolute atomic E-state index is 13.2. The predicted molar refractivity (Wildman–Crippen MR) is 118 cm³/mol. The molecule has 0 unspecified atom stereocenters. The summed E-state index contributed by atoms with van der Waals surface area (Å²) in [6, 6.07) is 17.0. The van der Waals surface area contributed by atoms with Gasteiger partial charge in [0.1, 0.15) is 29.8 Å². The molecule has 0 fully saturated rings. The number of Topliss-reactive ketones (excluding diaryl/α,β-unsaturated/α-hetero) is 1. The molecule has 1 atom stereocenters. The van der Waals surface area contributed by atoms with E-state index in [0.29, 0.717) is 34.9 Å². The number of rotatable bonds is 4. The standard InChI is InChI=1S/C25H23ClN2O3/c1-25(2)11-19(29)23-21(12-25)31-24(28)17(13-27)22(23)16-8-4-3-7-15(16)14-30-20-10-6-5-9-18(20)26/h3-10,22H,11-12,14,28H2,1-2H3/t22-/m1/s1. The van der Waals surface area contributed by atoms with Crippen LogP contribution in [-0.4, -0.2) is 5.78 Å². The van der Waals surface area contributed by atoms with E-state index in [9.17, 15) is 10.1 Å². The second-order valence-electron chi connectivity index (χ2n) is 8.62. The zero-order valence-electron chi connectivity index (χ0n) is 17.4. The number of para-hydroxylation sites is 1. The highest BCUT2D eigenvalue weighted by molar-refractivity contribution is 6.32. The third kappa shape index (κ3) is 4.04. The summed E-state index contributed by atoms with van der Waals surface area (Å²) in [5.74, 6) is 0.585. The van der Waals surface area contributed by atoms with E-state index in [0.717, 1.165) is 11.1 Å². The molecule has 0 radical (unpaired) electrons. The van der Waals surface area contributed by atoms with Crippen molar-refractivity contribution in [1.29, 1.82) is 5.26 Å². The fourth-order valence-corrected chi connectivity index (χ4v) is 4.45. The van der Waals surface area contributed by atoms with Crippen molar-refractivity contribution in [2.24, 2.45) is 11.1 Å². The van der Waals surface area contributed by atoms with Crippen LogP contribution in [0.2, 0.25) is 5.02 Å². The minimum atomic E-state index is -0.580. The van der Waals surface area contributed by atoms with E-state index >= 15 is 0 Å². The van der Waals surface area contributed by atoms with Crippen LogP contribution in [0.25, 0.3) is 0 Å². The van der Waals surface area contributed by atoms with Gasteiger partial charge in [0.2, 0.25) is 5.88 Å². The molecule has 0 spiro atoms. The summed E-state index contributed by atoms with van der Waals surface area (Å²) >= 11 is 6.22. The number of hydrogen-bond acceptors (Lipinski definition) is 5. The third-order valence-electron chi connectivity index (χ3n) is 5.66. The van der Waals surface area contributed by atoms with E-state index in [2.05, 4.69) is 6.07 Å². The van der Waals surface area contributed by atoms with Crippen LogP contribution in [0.5, 0.6) is 5.75 Å². The Morgan fingerprint density at radius 2 is 1.90 bits per heavy atom. The second kappa shape index (κ2) is 8.13. The maximum Gasteiger partial charge on any atom is 0.205 e. The Morgan fingerprint density at radius 3 is 2.65 bits per heavy atom. The summed E-state index contributed by atoms with van der Waals surface area (Å²) in [4.78, 5) is 13.2. The Bertz CT molecular complexity index is 1160. The largest absolute Gasteiger partial charge is 0.487 e. The first-order chi connectivity index (χ1) is 14.8. The van der Waals surface area contributed by atoms with Crippen LogP contribution >= 0.6 is 11.6 Å². The highest BCUT2D eigenvalue weighted by atomic mass is 35.5. The molecular weight excluding hydrogens is 412 g/mol. The summed E-state index contributed by atoms with van der Waals surface area (Å²) in [6.45, 7) is 4.29. The monoisotopic (exact) mass is 434 g/mol. The van der Waals surface area contributed by atoms with Crippen LogP contribution in [0, 0.1) is 16.7 Å². The van der Waals surface area contributed by atoms with Gasteiger partial charge in [-0.25, -0.2) is 0 Å². The molecule has 6 heteroatoms. The van der Waals surface area contributed by atoms with Gasteiger partial charge in [0.15, 0.2) is 5.78 Å². The Balaban J connectivity index is 1.77. The lowest BCUT2D eigenvalue weighted by molar-refractivity contribution is -0.119. The molecule has 2 aromatic rings. The smallest absolute Gasteiger partial charge is 0.205 e. The molecule has 2 N–H and O–H groups in total. The number of carbonyl (C=O) groups excluding carboxylic acids is 1. The maximum atomic E-state index is 13.2. The molecule has 1 aliphatic heterocycles. The fraction of sp³-hybridized carbons (Fsp3) is 0.280. The summed E-state index contributed by atoms with van der Waals surface area (Å²) in [5, 5.41) is 10.4. The van der Waals surface area contributed by atoms with E-state index in [1.54, 1.807) is 12.1 Å². The van der Waals surface area contributed by atoms with E-state index in [1.807, 2.05) is 50.2 Å². The number of nitriles is 1. The van der Waals surface area contributed by atoms with Crippen molar-refractivity contribution in [3.63, 3.8) is 0 Å². The molecule has 1 heterocycles. The van der Waals surface area contributed by atoms with E-state index < -0.39 is 5.92 Å². The van der Waals surface area contributed by atoms with Gasteiger partial charge in [-0.1, -0.05) is 61.8 Å². The molecule has 0 saturated heterocycles. The SMILES string of the molecule is CC1(C)CC(=O)C2=C(C1)OC(N)=C(C#N)[C@H]2c1ccccc1COc1ccccc1Cl. The van der Waals surface area contributed by atoms with E-state index in [4.69, 9.17) is 26.8 Å².